The largest absolute Gasteiger partial charge is 0.465 e. The number of ether oxygens (including phenoxy) is 1. The highest BCUT2D eigenvalue weighted by Crippen LogP contribution is 2.20. The molecule has 0 spiro atoms. The van der Waals surface area contributed by atoms with Gasteiger partial charge in [-0.05, 0) is 18.2 Å². The number of benzene rings is 1. The number of nitrogens with zero attached hydrogens (tertiary/aromatic N) is 1. The van der Waals surface area contributed by atoms with E-state index < -0.39 is 5.97 Å². The Morgan fingerprint density at radius 3 is 3.00 bits per heavy atom. The first-order chi connectivity index (χ1) is 7.74. The summed E-state index contributed by atoms with van der Waals surface area (Å²) in [4.78, 5) is 11.3. The van der Waals surface area contributed by atoms with E-state index in [-0.39, 0.29) is 0 Å². The van der Waals surface area contributed by atoms with Gasteiger partial charge in [0.15, 0.2) is 0 Å². The van der Waals surface area contributed by atoms with Gasteiger partial charge < -0.3 is 14.4 Å². The molecule has 0 unspecified atom stereocenters. The lowest BCUT2D eigenvalue weighted by atomic mass is 10.2. The lowest BCUT2D eigenvalue weighted by molar-refractivity contribution is 0.0601. The average molecular weight is 219 g/mol. The molecule has 0 amide bonds. The molecule has 0 fully saturated rings. The Labute approximate surface area is 90.9 Å². The van der Waals surface area contributed by atoms with Gasteiger partial charge in [0.2, 0.25) is 0 Å². The van der Waals surface area contributed by atoms with Gasteiger partial charge in [0, 0.05) is 5.39 Å². The lowest BCUT2D eigenvalue weighted by Crippen LogP contribution is -1.99. The molecule has 5 heteroatoms. The molecule has 1 N–H and O–H groups in total. The Morgan fingerprint density at radius 2 is 2.31 bits per heavy atom. The van der Waals surface area contributed by atoms with Crippen LogP contribution in [0.4, 0.5) is 0 Å². The topological polar surface area (TPSA) is 72.0 Å². The van der Waals surface area contributed by atoms with Crippen molar-refractivity contribution in [3.8, 4) is 0 Å². The van der Waals surface area contributed by atoms with Crippen molar-refractivity contribution in [3.05, 3.63) is 35.6 Å². The predicted octanol–water partition coefficient (Wildman–Crippen LogP) is 2.03. The molecule has 1 heterocycles. The normalized spacial score (nSPS) is 11.1. The summed E-state index contributed by atoms with van der Waals surface area (Å²) in [6, 6.07) is 6.66. The van der Waals surface area contributed by atoms with E-state index in [1.807, 2.05) is 0 Å². The fourth-order valence-electron chi connectivity index (χ4n) is 1.42. The van der Waals surface area contributed by atoms with Crippen LogP contribution in [0, 0.1) is 0 Å². The highest BCUT2D eigenvalue weighted by molar-refractivity contribution is 5.95. The van der Waals surface area contributed by atoms with Crippen molar-refractivity contribution < 1.29 is 19.2 Å². The minimum Gasteiger partial charge on any atom is -0.465 e. The molecule has 2 aromatic rings. The zero-order valence-electron chi connectivity index (χ0n) is 8.51. The Hall–Kier alpha value is -2.30. The van der Waals surface area contributed by atoms with E-state index in [1.165, 1.54) is 13.3 Å². The van der Waals surface area contributed by atoms with Crippen molar-refractivity contribution in [2.45, 2.75) is 0 Å². The number of oxime groups is 1. The summed E-state index contributed by atoms with van der Waals surface area (Å²) < 4.78 is 9.92. The Bertz CT molecular complexity index is 556. The molecule has 5 nitrogen and oxygen atoms in total. The summed E-state index contributed by atoms with van der Waals surface area (Å²) in [5.74, 6) is -0.00445. The number of carbonyl (C=O) groups is 1. The first kappa shape index (κ1) is 10.2. The zero-order valence-corrected chi connectivity index (χ0v) is 8.51. The number of hydrogen-bond acceptors (Lipinski definition) is 5. The molecule has 82 valence electrons. The van der Waals surface area contributed by atoms with E-state index in [4.69, 9.17) is 9.62 Å². The third kappa shape index (κ3) is 1.75. The summed E-state index contributed by atoms with van der Waals surface area (Å²) in [5.41, 5.74) is 0.953. The summed E-state index contributed by atoms with van der Waals surface area (Å²) in [6.45, 7) is 0. The minimum atomic E-state index is -0.421. The van der Waals surface area contributed by atoms with Gasteiger partial charge in [0.25, 0.3) is 0 Å². The third-order valence-corrected chi connectivity index (χ3v) is 2.15. The summed E-state index contributed by atoms with van der Waals surface area (Å²) in [6.07, 6.45) is 1.18. The Kier molecular flexibility index (Phi) is 2.59. The molecular formula is C11H9NO4. The van der Waals surface area contributed by atoms with Crippen molar-refractivity contribution in [1.82, 2.24) is 0 Å². The second-order valence-electron chi connectivity index (χ2n) is 3.14. The molecule has 16 heavy (non-hydrogen) atoms. The highest BCUT2D eigenvalue weighted by Gasteiger charge is 2.08. The van der Waals surface area contributed by atoms with Crippen LogP contribution >= 0.6 is 0 Å². The number of hydrogen-bond donors (Lipinski definition) is 1. The molecule has 0 bridgehead atoms. The summed E-state index contributed by atoms with van der Waals surface area (Å²) in [7, 11) is 1.32. The molecule has 0 saturated heterocycles. The number of methoxy groups -OCH3 is 1. The monoisotopic (exact) mass is 219 g/mol. The maximum Gasteiger partial charge on any atom is 0.337 e. The van der Waals surface area contributed by atoms with Gasteiger partial charge in [-0.3, -0.25) is 0 Å². The van der Waals surface area contributed by atoms with Crippen molar-refractivity contribution in [3.63, 3.8) is 0 Å². The smallest absolute Gasteiger partial charge is 0.337 e. The van der Waals surface area contributed by atoms with Crippen molar-refractivity contribution in [2.24, 2.45) is 5.16 Å². The third-order valence-electron chi connectivity index (χ3n) is 2.15. The maximum atomic E-state index is 11.3. The van der Waals surface area contributed by atoms with E-state index in [1.54, 1.807) is 24.3 Å². The van der Waals surface area contributed by atoms with Crippen molar-refractivity contribution in [2.75, 3.05) is 7.11 Å². The molecule has 0 saturated carbocycles. The van der Waals surface area contributed by atoms with Crippen molar-refractivity contribution in [1.29, 1.82) is 0 Å². The quantitative estimate of drug-likeness (QED) is 0.363. The lowest BCUT2D eigenvalue weighted by Gasteiger charge is -1.97. The number of carbonyl (C=O) groups excluding carboxylic acids is 1. The van der Waals surface area contributed by atoms with Crippen LogP contribution in [-0.4, -0.2) is 24.5 Å². The predicted molar refractivity (Wildman–Crippen MR) is 56.9 cm³/mol. The highest BCUT2D eigenvalue weighted by atomic mass is 16.5. The fourth-order valence-corrected chi connectivity index (χ4v) is 1.42. The van der Waals surface area contributed by atoms with Crippen LogP contribution < -0.4 is 0 Å². The number of fused-ring (bicyclic) bond motifs is 1. The van der Waals surface area contributed by atoms with Gasteiger partial charge in [0.05, 0.1) is 12.7 Å². The molecule has 0 aliphatic heterocycles. The maximum absolute atomic E-state index is 11.3. The molecule has 1 aromatic heterocycles. The molecule has 0 aliphatic rings. The molecular weight excluding hydrogens is 210 g/mol. The van der Waals surface area contributed by atoms with Crippen LogP contribution in [-0.2, 0) is 4.74 Å². The Morgan fingerprint density at radius 1 is 1.50 bits per heavy atom. The average Bonchev–Trinajstić information content (AvgIpc) is 2.69. The molecule has 2 rings (SSSR count). The molecule has 0 atom stereocenters. The molecule has 0 radical (unpaired) electrons. The fraction of sp³-hybridized carbons (Fsp3) is 0.0909. The molecule has 1 aromatic carbocycles. The van der Waals surface area contributed by atoms with Gasteiger partial charge in [-0.25, -0.2) is 4.79 Å². The van der Waals surface area contributed by atoms with Gasteiger partial charge >= 0.3 is 5.97 Å². The van der Waals surface area contributed by atoms with Gasteiger partial charge in [-0.1, -0.05) is 11.2 Å². The van der Waals surface area contributed by atoms with E-state index >= 15 is 0 Å². The van der Waals surface area contributed by atoms with Crippen LogP contribution in [0.3, 0.4) is 0 Å². The van der Waals surface area contributed by atoms with Crippen LogP contribution in [0.15, 0.2) is 33.8 Å². The Balaban J connectivity index is 2.49. The SMILES string of the molecule is COC(=O)c1ccc2cc(/C=N/O)oc2c1. The minimum absolute atomic E-state index is 0.414. The first-order valence-electron chi connectivity index (χ1n) is 4.54. The number of furan rings is 1. The van der Waals surface area contributed by atoms with Crippen molar-refractivity contribution >= 4 is 23.2 Å². The zero-order chi connectivity index (χ0) is 11.5. The van der Waals surface area contributed by atoms with E-state index in [0.29, 0.717) is 16.9 Å². The van der Waals surface area contributed by atoms with Gasteiger partial charge in [-0.2, -0.15) is 0 Å². The van der Waals surface area contributed by atoms with E-state index in [9.17, 15) is 4.79 Å². The standard InChI is InChI=1S/C11H9NO4/c1-15-11(13)8-3-2-7-4-9(6-12-14)16-10(7)5-8/h2-6,14H,1H3/b12-6+. The summed E-state index contributed by atoms with van der Waals surface area (Å²) >= 11 is 0. The second kappa shape index (κ2) is 4.06. The first-order valence-corrected chi connectivity index (χ1v) is 4.54. The van der Waals surface area contributed by atoms with E-state index in [2.05, 4.69) is 9.89 Å². The summed E-state index contributed by atoms with van der Waals surface area (Å²) in [5, 5.41) is 12.0. The van der Waals surface area contributed by atoms with Crippen LogP contribution in [0.1, 0.15) is 16.1 Å². The van der Waals surface area contributed by atoms with Gasteiger partial charge in [-0.15, -0.1) is 0 Å². The number of rotatable bonds is 2. The van der Waals surface area contributed by atoms with Crippen LogP contribution in [0.25, 0.3) is 11.0 Å². The molecule has 0 aliphatic carbocycles. The van der Waals surface area contributed by atoms with E-state index in [0.717, 1.165) is 5.39 Å². The van der Waals surface area contributed by atoms with Gasteiger partial charge in [0.1, 0.15) is 17.6 Å². The number of esters is 1. The van der Waals surface area contributed by atoms with Crippen LogP contribution in [0.2, 0.25) is 0 Å². The second-order valence-corrected chi connectivity index (χ2v) is 3.14. The van der Waals surface area contributed by atoms with Crippen LogP contribution in [0.5, 0.6) is 0 Å².